The zero-order valence-corrected chi connectivity index (χ0v) is 9.53. The smallest absolute Gasteiger partial charge is 0.319 e. The molecule has 1 aromatic carbocycles. The van der Waals surface area contributed by atoms with E-state index in [0.29, 0.717) is 11.3 Å². The Morgan fingerprint density at radius 1 is 1.22 bits per heavy atom. The summed E-state index contributed by atoms with van der Waals surface area (Å²) in [6.07, 6.45) is 0. The number of carboxylic acid groups (broad SMARTS) is 2. The van der Waals surface area contributed by atoms with E-state index < -0.39 is 29.7 Å². The van der Waals surface area contributed by atoms with Crippen LogP contribution in [0.2, 0.25) is 0 Å². The highest BCUT2D eigenvalue weighted by molar-refractivity contribution is 6.10. The van der Waals surface area contributed by atoms with Crippen molar-refractivity contribution in [3.63, 3.8) is 0 Å². The van der Waals surface area contributed by atoms with E-state index in [9.17, 15) is 14.4 Å². The van der Waals surface area contributed by atoms with E-state index in [1.807, 2.05) is 0 Å². The molecule has 2 rings (SSSR count). The van der Waals surface area contributed by atoms with Crippen LogP contribution in [0.5, 0.6) is 0 Å². The highest BCUT2D eigenvalue weighted by Gasteiger charge is 2.47. The van der Waals surface area contributed by atoms with E-state index >= 15 is 0 Å². The topological polar surface area (TPSA) is 94.9 Å². The second kappa shape index (κ2) is 4.14. The van der Waals surface area contributed by atoms with Crippen LogP contribution in [0.4, 0.5) is 5.69 Å². The first kappa shape index (κ1) is 12.1. The fourth-order valence-corrected chi connectivity index (χ4v) is 2.23. The van der Waals surface area contributed by atoms with Gasteiger partial charge in [0, 0.05) is 12.7 Å². The third-order valence-corrected chi connectivity index (χ3v) is 3.10. The Hall–Kier alpha value is -2.37. The van der Waals surface area contributed by atoms with Gasteiger partial charge in [-0.2, -0.15) is 0 Å². The van der Waals surface area contributed by atoms with Crippen LogP contribution in [0.25, 0.3) is 0 Å². The molecule has 0 bridgehead atoms. The van der Waals surface area contributed by atoms with E-state index in [2.05, 4.69) is 0 Å². The Morgan fingerprint density at radius 3 is 2.33 bits per heavy atom. The molecule has 6 heteroatoms. The van der Waals surface area contributed by atoms with E-state index in [1.54, 1.807) is 24.3 Å². The maximum Gasteiger partial charge on any atom is 0.319 e. The summed E-state index contributed by atoms with van der Waals surface area (Å²) in [5.41, 5.74) is 1.000. The van der Waals surface area contributed by atoms with E-state index in [-0.39, 0.29) is 0 Å². The Morgan fingerprint density at radius 2 is 1.78 bits per heavy atom. The molecular weight excluding hydrogens is 238 g/mol. The molecule has 0 saturated carbocycles. The van der Waals surface area contributed by atoms with Crippen molar-refractivity contribution in [3.8, 4) is 0 Å². The first-order chi connectivity index (χ1) is 8.45. The third kappa shape index (κ3) is 1.62. The minimum absolute atomic E-state index is 0.444. The number of carbonyl (C=O) groups excluding carboxylic acids is 1. The Balaban J connectivity index is 2.55. The molecule has 1 heterocycles. The minimum Gasteiger partial charge on any atom is -0.481 e. The van der Waals surface area contributed by atoms with Gasteiger partial charge in [0.15, 0.2) is 5.92 Å². The van der Waals surface area contributed by atoms with Crippen LogP contribution in [0, 0.1) is 5.92 Å². The average Bonchev–Trinajstić information content (AvgIpc) is 2.55. The van der Waals surface area contributed by atoms with Crippen LogP contribution >= 0.6 is 0 Å². The molecule has 0 spiro atoms. The largest absolute Gasteiger partial charge is 0.481 e. The second-order valence-corrected chi connectivity index (χ2v) is 4.09. The van der Waals surface area contributed by atoms with Crippen LogP contribution < -0.4 is 4.90 Å². The van der Waals surface area contributed by atoms with E-state index in [0.717, 1.165) is 0 Å². The first-order valence-corrected chi connectivity index (χ1v) is 5.27. The molecule has 0 saturated heterocycles. The number of rotatable bonds is 3. The highest BCUT2D eigenvalue weighted by Crippen LogP contribution is 2.40. The van der Waals surface area contributed by atoms with Crippen LogP contribution in [-0.2, 0) is 14.4 Å². The fraction of sp³-hybridized carbons (Fsp3) is 0.250. The lowest BCUT2D eigenvalue weighted by molar-refractivity contribution is -0.157. The van der Waals surface area contributed by atoms with Gasteiger partial charge in [0.05, 0.1) is 5.92 Å². The van der Waals surface area contributed by atoms with Crippen molar-refractivity contribution in [2.75, 3.05) is 11.9 Å². The summed E-state index contributed by atoms with van der Waals surface area (Å²) in [5, 5.41) is 18.0. The van der Waals surface area contributed by atoms with Crippen LogP contribution in [-0.4, -0.2) is 35.1 Å². The summed E-state index contributed by atoms with van der Waals surface area (Å²) in [6.45, 7) is 0. The minimum atomic E-state index is -1.76. The lowest BCUT2D eigenvalue weighted by atomic mass is 9.87. The predicted molar refractivity (Wildman–Crippen MR) is 61.4 cm³/mol. The van der Waals surface area contributed by atoms with Gasteiger partial charge in [-0.3, -0.25) is 14.4 Å². The van der Waals surface area contributed by atoms with Crippen LogP contribution in [0.3, 0.4) is 0 Å². The molecule has 1 aromatic rings. The number of likely N-dealkylation sites (N-methyl/N-ethyl adjacent to an activating group) is 1. The van der Waals surface area contributed by atoms with Crippen molar-refractivity contribution in [1.29, 1.82) is 0 Å². The normalized spacial score (nSPS) is 18.0. The van der Waals surface area contributed by atoms with Crippen molar-refractivity contribution in [2.24, 2.45) is 5.92 Å². The molecule has 18 heavy (non-hydrogen) atoms. The molecule has 0 radical (unpaired) electrons. The fourth-order valence-electron chi connectivity index (χ4n) is 2.23. The summed E-state index contributed by atoms with van der Waals surface area (Å²) >= 11 is 0. The molecule has 0 aromatic heterocycles. The van der Waals surface area contributed by atoms with Crippen molar-refractivity contribution in [1.82, 2.24) is 0 Å². The molecule has 1 aliphatic rings. The molecular formula is C12H11NO5. The molecule has 94 valence electrons. The summed E-state index contributed by atoms with van der Waals surface area (Å²) in [7, 11) is 1.50. The summed E-state index contributed by atoms with van der Waals surface area (Å²) in [4.78, 5) is 35.4. The number of carboxylic acids is 2. The molecule has 0 unspecified atom stereocenters. The van der Waals surface area contributed by atoms with Gasteiger partial charge in [0.25, 0.3) is 0 Å². The molecule has 0 fully saturated rings. The lowest BCUT2D eigenvalue weighted by Gasteiger charge is -2.15. The van der Waals surface area contributed by atoms with Gasteiger partial charge in [-0.15, -0.1) is 0 Å². The standard InChI is InChI=1S/C12H11NO5/c1-13-7-5-3-2-4-6(7)8(10(13)14)9(11(15)16)12(17)18/h2-5,8-9H,1H3,(H,15,16)(H,17,18)/t8-/m0/s1. The number of aliphatic carboxylic acids is 2. The number of carbonyl (C=O) groups is 3. The molecule has 2 N–H and O–H groups in total. The Labute approximate surface area is 102 Å². The average molecular weight is 249 g/mol. The number of fused-ring (bicyclic) bond motifs is 1. The van der Waals surface area contributed by atoms with Crippen molar-refractivity contribution in [2.45, 2.75) is 5.92 Å². The van der Waals surface area contributed by atoms with Gasteiger partial charge in [0.2, 0.25) is 5.91 Å². The number of amides is 1. The number of hydrogen-bond donors (Lipinski definition) is 2. The molecule has 1 aliphatic heterocycles. The SMILES string of the molecule is CN1C(=O)[C@H](C(C(=O)O)C(=O)O)c2ccccc21. The Kier molecular flexibility index (Phi) is 2.78. The lowest BCUT2D eigenvalue weighted by Crippen LogP contribution is -2.36. The van der Waals surface area contributed by atoms with Crippen LogP contribution in [0.1, 0.15) is 11.5 Å². The quantitative estimate of drug-likeness (QED) is 0.762. The second-order valence-electron chi connectivity index (χ2n) is 4.09. The molecule has 6 nitrogen and oxygen atoms in total. The Bertz CT molecular complexity index is 525. The van der Waals surface area contributed by atoms with Crippen molar-refractivity contribution >= 4 is 23.5 Å². The maximum atomic E-state index is 12.0. The third-order valence-electron chi connectivity index (χ3n) is 3.10. The monoisotopic (exact) mass is 249 g/mol. The van der Waals surface area contributed by atoms with Gasteiger partial charge in [-0.25, -0.2) is 0 Å². The molecule has 0 aliphatic carbocycles. The maximum absolute atomic E-state index is 12.0. The number of para-hydroxylation sites is 1. The number of hydrogen-bond acceptors (Lipinski definition) is 3. The summed E-state index contributed by atoms with van der Waals surface area (Å²) < 4.78 is 0. The van der Waals surface area contributed by atoms with Gasteiger partial charge in [-0.1, -0.05) is 18.2 Å². The predicted octanol–water partition coefficient (Wildman–Crippen LogP) is 0.532. The molecule has 1 amide bonds. The number of anilines is 1. The van der Waals surface area contributed by atoms with Gasteiger partial charge in [-0.05, 0) is 11.6 Å². The van der Waals surface area contributed by atoms with E-state index in [1.165, 1.54) is 11.9 Å². The zero-order chi connectivity index (χ0) is 13.4. The van der Waals surface area contributed by atoms with Crippen molar-refractivity contribution < 1.29 is 24.6 Å². The van der Waals surface area contributed by atoms with Crippen LogP contribution in [0.15, 0.2) is 24.3 Å². The zero-order valence-electron chi connectivity index (χ0n) is 9.53. The first-order valence-electron chi connectivity index (χ1n) is 5.27. The summed E-state index contributed by atoms with van der Waals surface area (Å²) in [6, 6.07) is 6.61. The van der Waals surface area contributed by atoms with Gasteiger partial charge >= 0.3 is 11.9 Å². The highest BCUT2D eigenvalue weighted by atomic mass is 16.4. The number of nitrogens with zero attached hydrogens (tertiary/aromatic N) is 1. The van der Waals surface area contributed by atoms with E-state index in [4.69, 9.17) is 10.2 Å². The number of benzene rings is 1. The van der Waals surface area contributed by atoms with Gasteiger partial charge < -0.3 is 15.1 Å². The molecule has 1 atom stereocenters. The van der Waals surface area contributed by atoms with Crippen molar-refractivity contribution in [3.05, 3.63) is 29.8 Å². The summed E-state index contributed by atoms with van der Waals surface area (Å²) in [5.74, 6) is -6.45. The van der Waals surface area contributed by atoms with Gasteiger partial charge in [0.1, 0.15) is 0 Å².